The predicted molar refractivity (Wildman–Crippen MR) is 64.2 cm³/mol. The van der Waals surface area contributed by atoms with E-state index in [0.29, 0.717) is 5.82 Å². The Morgan fingerprint density at radius 2 is 2.17 bits per heavy atom. The summed E-state index contributed by atoms with van der Waals surface area (Å²) in [5.74, 6) is -0.564. The van der Waals surface area contributed by atoms with Gasteiger partial charge in [-0.3, -0.25) is 4.68 Å². The van der Waals surface area contributed by atoms with Crippen LogP contribution in [0.1, 0.15) is 29.0 Å². The van der Waals surface area contributed by atoms with E-state index < -0.39 is 5.97 Å². The lowest BCUT2D eigenvalue weighted by Crippen LogP contribution is -2.09. The van der Waals surface area contributed by atoms with Crippen LogP contribution in [0.15, 0.2) is 24.8 Å². The molecule has 0 fully saturated rings. The molecule has 0 saturated carbocycles. The fourth-order valence-corrected chi connectivity index (χ4v) is 1.48. The number of anilines is 1. The molecule has 0 aliphatic heterocycles. The molecule has 18 heavy (non-hydrogen) atoms. The molecule has 2 rings (SSSR count). The van der Waals surface area contributed by atoms with Crippen LogP contribution in [0.5, 0.6) is 0 Å². The summed E-state index contributed by atoms with van der Waals surface area (Å²) in [5.41, 5.74) is 0.941. The summed E-state index contributed by atoms with van der Waals surface area (Å²) in [4.78, 5) is 18.4. The van der Waals surface area contributed by atoms with Gasteiger partial charge in [-0.05, 0) is 6.92 Å². The minimum Gasteiger partial charge on any atom is -0.476 e. The van der Waals surface area contributed by atoms with Gasteiger partial charge >= 0.3 is 5.97 Å². The lowest BCUT2D eigenvalue weighted by atomic mass is 10.2. The Labute approximate surface area is 104 Å². The minimum absolute atomic E-state index is 0.0173. The molecular weight excluding hydrogens is 234 g/mol. The van der Waals surface area contributed by atoms with Crippen LogP contribution in [-0.2, 0) is 7.05 Å². The molecule has 1 atom stereocenters. The fraction of sp³-hybridized carbons (Fsp3) is 0.273. The first-order valence-electron chi connectivity index (χ1n) is 5.36. The SMILES string of the molecule is CC(Nc1cnc(C(=O)O)cn1)c1cnn(C)c1. The van der Waals surface area contributed by atoms with Crippen molar-refractivity contribution in [3.05, 3.63) is 36.0 Å². The maximum Gasteiger partial charge on any atom is 0.356 e. The number of carboxylic acid groups (broad SMARTS) is 1. The second-order valence-corrected chi connectivity index (χ2v) is 3.91. The number of carboxylic acids is 1. The number of hydrogen-bond acceptors (Lipinski definition) is 5. The van der Waals surface area contributed by atoms with E-state index in [1.807, 2.05) is 20.2 Å². The van der Waals surface area contributed by atoms with Gasteiger partial charge in [-0.15, -0.1) is 0 Å². The number of rotatable bonds is 4. The molecule has 2 aromatic rings. The van der Waals surface area contributed by atoms with Crippen LogP contribution >= 0.6 is 0 Å². The van der Waals surface area contributed by atoms with Gasteiger partial charge < -0.3 is 10.4 Å². The van der Waals surface area contributed by atoms with Crippen molar-refractivity contribution in [2.75, 3.05) is 5.32 Å². The maximum absolute atomic E-state index is 10.6. The second kappa shape index (κ2) is 4.82. The molecule has 0 aliphatic carbocycles. The van der Waals surface area contributed by atoms with Gasteiger partial charge in [0.25, 0.3) is 0 Å². The van der Waals surface area contributed by atoms with Crippen LogP contribution in [0, 0.1) is 0 Å². The number of aromatic carboxylic acids is 1. The standard InChI is InChI=1S/C11H13N5O2/c1-7(8-3-14-16(2)6-8)15-10-5-12-9(4-13-10)11(17)18/h3-7H,1-2H3,(H,13,15)(H,17,18). The summed E-state index contributed by atoms with van der Waals surface area (Å²) in [5, 5.41) is 15.9. The van der Waals surface area contributed by atoms with E-state index in [9.17, 15) is 4.79 Å². The van der Waals surface area contributed by atoms with Gasteiger partial charge in [0.2, 0.25) is 0 Å². The molecule has 0 saturated heterocycles. The summed E-state index contributed by atoms with van der Waals surface area (Å²) >= 11 is 0. The third-order valence-corrected chi connectivity index (χ3v) is 2.46. The third-order valence-electron chi connectivity index (χ3n) is 2.46. The monoisotopic (exact) mass is 247 g/mol. The first kappa shape index (κ1) is 12.0. The minimum atomic E-state index is -1.09. The highest BCUT2D eigenvalue weighted by molar-refractivity contribution is 5.84. The molecule has 0 aromatic carbocycles. The van der Waals surface area contributed by atoms with E-state index >= 15 is 0 Å². The van der Waals surface area contributed by atoms with Gasteiger partial charge in [0.1, 0.15) is 5.82 Å². The Bertz CT molecular complexity index is 549. The van der Waals surface area contributed by atoms with E-state index in [1.165, 1.54) is 12.4 Å². The summed E-state index contributed by atoms with van der Waals surface area (Å²) in [7, 11) is 1.84. The van der Waals surface area contributed by atoms with E-state index in [4.69, 9.17) is 5.11 Å². The van der Waals surface area contributed by atoms with Crippen LogP contribution in [0.3, 0.4) is 0 Å². The first-order chi connectivity index (χ1) is 8.56. The van der Waals surface area contributed by atoms with Crippen LogP contribution in [0.2, 0.25) is 0 Å². The Morgan fingerprint density at radius 1 is 1.39 bits per heavy atom. The number of hydrogen-bond donors (Lipinski definition) is 2. The van der Waals surface area contributed by atoms with Crippen molar-refractivity contribution in [3.8, 4) is 0 Å². The highest BCUT2D eigenvalue weighted by Gasteiger charge is 2.09. The zero-order chi connectivity index (χ0) is 13.1. The maximum atomic E-state index is 10.6. The smallest absolute Gasteiger partial charge is 0.356 e. The molecule has 7 heteroatoms. The zero-order valence-corrected chi connectivity index (χ0v) is 10.0. The van der Waals surface area contributed by atoms with Gasteiger partial charge in [-0.1, -0.05) is 0 Å². The molecule has 2 N–H and O–H groups in total. The van der Waals surface area contributed by atoms with Crippen LogP contribution in [-0.4, -0.2) is 30.8 Å². The molecule has 0 bridgehead atoms. The lowest BCUT2D eigenvalue weighted by molar-refractivity contribution is 0.0690. The van der Waals surface area contributed by atoms with Crippen molar-refractivity contribution in [2.24, 2.45) is 7.05 Å². The molecule has 2 heterocycles. The predicted octanol–water partition coefficient (Wildman–Crippen LogP) is 1.08. The fourth-order valence-electron chi connectivity index (χ4n) is 1.48. The average molecular weight is 247 g/mol. The Morgan fingerprint density at radius 3 is 2.67 bits per heavy atom. The third kappa shape index (κ3) is 2.62. The van der Waals surface area contributed by atoms with Gasteiger partial charge in [0.15, 0.2) is 5.69 Å². The van der Waals surface area contributed by atoms with Gasteiger partial charge in [-0.2, -0.15) is 5.10 Å². The van der Waals surface area contributed by atoms with Crippen molar-refractivity contribution in [1.82, 2.24) is 19.7 Å². The van der Waals surface area contributed by atoms with Crippen molar-refractivity contribution in [2.45, 2.75) is 13.0 Å². The first-order valence-corrected chi connectivity index (χ1v) is 5.36. The molecule has 94 valence electrons. The second-order valence-electron chi connectivity index (χ2n) is 3.91. The van der Waals surface area contributed by atoms with Crippen molar-refractivity contribution < 1.29 is 9.90 Å². The van der Waals surface area contributed by atoms with Gasteiger partial charge in [0, 0.05) is 18.8 Å². The Hall–Kier alpha value is -2.44. The molecule has 7 nitrogen and oxygen atoms in total. The van der Waals surface area contributed by atoms with Crippen molar-refractivity contribution in [1.29, 1.82) is 0 Å². The molecule has 1 unspecified atom stereocenters. The number of carbonyl (C=O) groups is 1. The number of nitrogens with one attached hydrogen (secondary N) is 1. The zero-order valence-electron chi connectivity index (χ0n) is 10.0. The van der Waals surface area contributed by atoms with Gasteiger partial charge in [-0.25, -0.2) is 14.8 Å². The molecule has 0 radical (unpaired) electrons. The molecular formula is C11H13N5O2. The van der Waals surface area contributed by atoms with Crippen molar-refractivity contribution >= 4 is 11.8 Å². The lowest BCUT2D eigenvalue weighted by Gasteiger charge is -2.12. The van der Waals surface area contributed by atoms with E-state index in [0.717, 1.165) is 5.56 Å². The number of nitrogens with zero attached hydrogens (tertiary/aromatic N) is 4. The van der Waals surface area contributed by atoms with E-state index in [-0.39, 0.29) is 11.7 Å². The topological polar surface area (TPSA) is 92.9 Å². The van der Waals surface area contributed by atoms with Crippen LogP contribution < -0.4 is 5.32 Å². The normalized spacial score (nSPS) is 12.1. The number of aromatic nitrogens is 4. The van der Waals surface area contributed by atoms with Crippen LogP contribution in [0.25, 0.3) is 0 Å². The summed E-state index contributed by atoms with van der Waals surface area (Å²) in [6.45, 7) is 1.96. The Balaban J connectivity index is 2.07. The summed E-state index contributed by atoms with van der Waals surface area (Å²) < 4.78 is 1.71. The molecule has 0 spiro atoms. The van der Waals surface area contributed by atoms with Crippen molar-refractivity contribution in [3.63, 3.8) is 0 Å². The van der Waals surface area contributed by atoms with E-state index in [1.54, 1.807) is 10.9 Å². The molecule has 0 amide bonds. The quantitative estimate of drug-likeness (QED) is 0.839. The number of aryl methyl sites for hydroxylation is 1. The largest absolute Gasteiger partial charge is 0.476 e. The highest BCUT2D eigenvalue weighted by atomic mass is 16.4. The van der Waals surface area contributed by atoms with E-state index in [2.05, 4.69) is 20.4 Å². The van der Waals surface area contributed by atoms with Crippen LogP contribution in [0.4, 0.5) is 5.82 Å². The molecule has 2 aromatic heterocycles. The molecule has 0 aliphatic rings. The Kier molecular flexibility index (Phi) is 3.22. The summed E-state index contributed by atoms with van der Waals surface area (Å²) in [6, 6.07) is 0.0173. The highest BCUT2D eigenvalue weighted by Crippen LogP contribution is 2.16. The average Bonchev–Trinajstić information content (AvgIpc) is 2.76. The summed E-state index contributed by atoms with van der Waals surface area (Å²) in [6.07, 6.45) is 6.28. The van der Waals surface area contributed by atoms with Gasteiger partial charge in [0.05, 0.1) is 24.6 Å².